The standard InChI is InChI=1S/C16H28N2OSi/c1-11-7-15(17)18-14-9-12(8-13(11)14)10-19-20(5,6)16(2,3)4/h7,12H,8-10H2,1-6H3,(H2,17,18). The quantitative estimate of drug-likeness (QED) is 0.864. The second kappa shape index (κ2) is 5.15. The number of pyridine rings is 1. The molecule has 1 aliphatic carbocycles. The third kappa shape index (κ3) is 3.06. The molecule has 0 saturated carbocycles. The van der Waals surface area contributed by atoms with Crippen LogP contribution < -0.4 is 5.73 Å². The van der Waals surface area contributed by atoms with Gasteiger partial charge in [0.25, 0.3) is 0 Å². The van der Waals surface area contributed by atoms with Gasteiger partial charge in [0.1, 0.15) is 5.82 Å². The fourth-order valence-electron chi connectivity index (χ4n) is 2.53. The maximum atomic E-state index is 6.36. The highest BCUT2D eigenvalue weighted by Crippen LogP contribution is 2.38. The Morgan fingerprint density at radius 2 is 2.00 bits per heavy atom. The molecule has 1 aliphatic rings. The molecule has 0 saturated heterocycles. The van der Waals surface area contributed by atoms with Crippen molar-refractivity contribution in [3.63, 3.8) is 0 Å². The molecule has 0 aliphatic heterocycles. The molecule has 4 heteroatoms. The third-order valence-corrected chi connectivity index (χ3v) is 9.41. The first-order valence-corrected chi connectivity index (χ1v) is 10.4. The maximum absolute atomic E-state index is 6.36. The summed E-state index contributed by atoms with van der Waals surface area (Å²) in [4.78, 5) is 4.49. The molecule has 0 spiro atoms. The Labute approximate surface area is 124 Å². The number of anilines is 1. The summed E-state index contributed by atoms with van der Waals surface area (Å²) in [6.07, 6.45) is 2.10. The number of rotatable bonds is 3. The number of hydrogen-bond acceptors (Lipinski definition) is 3. The summed E-state index contributed by atoms with van der Waals surface area (Å²) in [6, 6.07) is 1.98. The van der Waals surface area contributed by atoms with Crippen LogP contribution in [0, 0.1) is 12.8 Å². The van der Waals surface area contributed by atoms with Crippen LogP contribution in [0.15, 0.2) is 6.07 Å². The fourth-order valence-corrected chi connectivity index (χ4v) is 3.62. The molecule has 1 atom stereocenters. The lowest BCUT2D eigenvalue weighted by molar-refractivity contribution is 0.232. The van der Waals surface area contributed by atoms with Gasteiger partial charge in [0.15, 0.2) is 8.32 Å². The lowest BCUT2D eigenvalue weighted by Crippen LogP contribution is -2.42. The summed E-state index contributed by atoms with van der Waals surface area (Å²) in [5.74, 6) is 1.21. The molecule has 0 radical (unpaired) electrons. The van der Waals surface area contributed by atoms with E-state index in [-0.39, 0.29) is 5.04 Å². The van der Waals surface area contributed by atoms with Crippen molar-refractivity contribution < 1.29 is 4.43 Å². The molecule has 1 aromatic rings. The van der Waals surface area contributed by atoms with Gasteiger partial charge in [0.2, 0.25) is 0 Å². The van der Waals surface area contributed by atoms with Crippen LogP contribution in [0.4, 0.5) is 5.82 Å². The highest BCUT2D eigenvalue weighted by atomic mass is 28.4. The summed E-state index contributed by atoms with van der Waals surface area (Å²) in [7, 11) is -1.65. The molecule has 0 amide bonds. The molecule has 3 nitrogen and oxygen atoms in total. The highest BCUT2D eigenvalue weighted by molar-refractivity contribution is 6.74. The van der Waals surface area contributed by atoms with Crippen LogP contribution in [0.3, 0.4) is 0 Å². The van der Waals surface area contributed by atoms with E-state index in [1.54, 1.807) is 0 Å². The summed E-state index contributed by atoms with van der Waals surface area (Å²) in [6.45, 7) is 14.5. The minimum atomic E-state index is -1.65. The topological polar surface area (TPSA) is 48.1 Å². The number of nitrogens with zero attached hydrogens (tertiary/aromatic N) is 1. The van der Waals surface area contributed by atoms with Crippen molar-refractivity contribution in [3.8, 4) is 0 Å². The molecule has 112 valence electrons. The van der Waals surface area contributed by atoms with E-state index < -0.39 is 8.32 Å². The molecular weight excluding hydrogens is 264 g/mol. The van der Waals surface area contributed by atoms with Crippen molar-refractivity contribution in [2.24, 2.45) is 5.92 Å². The number of fused-ring (bicyclic) bond motifs is 1. The summed E-state index contributed by atoms with van der Waals surface area (Å²) < 4.78 is 6.36. The van der Waals surface area contributed by atoms with Crippen molar-refractivity contribution in [2.45, 2.75) is 58.7 Å². The van der Waals surface area contributed by atoms with Gasteiger partial charge in [-0.2, -0.15) is 0 Å². The van der Waals surface area contributed by atoms with Gasteiger partial charge in [-0.25, -0.2) is 4.98 Å². The zero-order valence-corrected chi connectivity index (χ0v) is 14.7. The predicted octanol–water partition coefficient (Wildman–Crippen LogP) is 3.71. The van der Waals surface area contributed by atoms with Gasteiger partial charge in [-0.05, 0) is 61.0 Å². The van der Waals surface area contributed by atoms with Crippen LogP contribution in [0.25, 0.3) is 0 Å². The van der Waals surface area contributed by atoms with E-state index in [1.807, 2.05) is 6.07 Å². The van der Waals surface area contributed by atoms with Gasteiger partial charge < -0.3 is 10.2 Å². The maximum Gasteiger partial charge on any atom is 0.191 e. The average Bonchev–Trinajstić information content (AvgIpc) is 2.68. The zero-order chi connectivity index (χ0) is 15.1. The Hall–Kier alpha value is -0.873. The number of nitrogen functional groups attached to an aromatic ring is 1. The predicted molar refractivity (Wildman–Crippen MR) is 87.4 cm³/mol. The first-order valence-electron chi connectivity index (χ1n) is 7.49. The molecular formula is C16H28N2OSi. The second-order valence-electron chi connectivity index (χ2n) is 7.63. The lowest BCUT2D eigenvalue weighted by Gasteiger charge is -2.37. The Bertz CT molecular complexity index is 506. The van der Waals surface area contributed by atoms with Gasteiger partial charge in [-0.1, -0.05) is 20.8 Å². The van der Waals surface area contributed by atoms with Crippen molar-refractivity contribution >= 4 is 14.1 Å². The van der Waals surface area contributed by atoms with E-state index in [2.05, 4.69) is 45.8 Å². The highest BCUT2D eigenvalue weighted by Gasteiger charge is 2.38. The number of aromatic nitrogens is 1. The van der Waals surface area contributed by atoms with Gasteiger partial charge >= 0.3 is 0 Å². The minimum absolute atomic E-state index is 0.275. The fraction of sp³-hybridized carbons (Fsp3) is 0.688. The van der Waals surface area contributed by atoms with E-state index in [0.717, 1.165) is 19.4 Å². The zero-order valence-electron chi connectivity index (χ0n) is 13.7. The minimum Gasteiger partial charge on any atom is -0.417 e. The monoisotopic (exact) mass is 292 g/mol. The van der Waals surface area contributed by atoms with Gasteiger partial charge in [0.05, 0.1) is 0 Å². The summed E-state index contributed by atoms with van der Waals surface area (Å²) in [5.41, 5.74) is 9.70. The van der Waals surface area contributed by atoms with Crippen molar-refractivity contribution in [3.05, 3.63) is 22.9 Å². The van der Waals surface area contributed by atoms with Gasteiger partial charge in [-0.15, -0.1) is 0 Å². The Balaban J connectivity index is 2.01. The van der Waals surface area contributed by atoms with Crippen LogP contribution in [0.5, 0.6) is 0 Å². The van der Waals surface area contributed by atoms with Crippen molar-refractivity contribution in [1.29, 1.82) is 0 Å². The molecule has 1 aromatic heterocycles. The van der Waals surface area contributed by atoms with Crippen LogP contribution in [-0.4, -0.2) is 19.9 Å². The SMILES string of the molecule is Cc1cc(N)nc2c1CC(CO[Si](C)(C)C(C)(C)C)C2. The molecule has 2 rings (SSSR count). The second-order valence-corrected chi connectivity index (χ2v) is 12.4. The Kier molecular flexibility index (Phi) is 4.00. The lowest BCUT2D eigenvalue weighted by atomic mass is 10.1. The van der Waals surface area contributed by atoms with E-state index in [1.165, 1.54) is 16.8 Å². The molecule has 1 unspecified atom stereocenters. The summed E-state index contributed by atoms with van der Waals surface area (Å²) in [5, 5.41) is 0.275. The van der Waals surface area contributed by atoms with Crippen molar-refractivity contribution in [2.75, 3.05) is 12.3 Å². The van der Waals surface area contributed by atoms with E-state index >= 15 is 0 Å². The Morgan fingerprint density at radius 1 is 1.35 bits per heavy atom. The molecule has 20 heavy (non-hydrogen) atoms. The smallest absolute Gasteiger partial charge is 0.191 e. The van der Waals surface area contributed by atoms with E-state index in [9.17, 15) is 0 Å². The normalized spacial score (nSPS) is 19.2. The van der Waals surface area contributed by atoms with Crippen LogP contribution in [-0.2, 0) is 17.3 Å². The van der Waals surface area contributed by atoms with Crippen LogP contribution in [0.1, 0.15) is 37.6 Å². The molecule has 0 fully saturated rings. The number of nitrogens with two attached hydrogens (primary N) is 1. The molecule has 0 aromatic carbocycles. The van der Waals surface area contributed by atoms with Gasteiger partial charge in [0, 0.05) is 12.3 Å². The molecule has 2 N–H and O–H groups in total. The first kappa shape index (κ1) is 15.5. The third-order valence-electron chi connectivity index (χ3n) is 4.91. The van der Waals surface area contributed by atoms with Crippen molar-refractivity contribution in [1.82, 2.24) is 4.98 Å². The average molecular weight is 292 g/mol. The van der Waals surface area contributed by atoms with Crippen LogP contribution in [0.2, 0.25) is 18.1 Å². The number of aryl methyl sites for hydroxylation is 1. The molecule has 1 heterocycles. The largest absolute Gasteiger partial charge is 0.417 e. The first-order chi connectivity index (χ1) is 9.10. The van der Waals surface area contributed by atoms with Crippen LogP contribution >= 0.6 is 0 Å². The number of hydrogen-bond donors (Lipinski definition) is 1. The van der Waals surface area contributed by atoms with Gasteiger partial charge in [-0.3, -0.25) is 0 Å². The molecule has 0 bridgehead atoms. The van der Waals surface area contributed by atoms with E-state index in [0.29, 0.717) is 11.7 Å². The summed E-state index contributed by atoms with van der Waals surface area (Å²) >= 11 is 0. The Morgan fingerprint density at radius 3 is 2.60 bits per heavy atom. The van der Waals surface area contributed by atoms with E-state index in [4.69, 9.17) is 10.2 Å².